The number of alkyl halides is 2. The molecular formula is C16H15F2N3OS. The van der Waals surface area contributed by atoms with E-state index in [-0.39, 0.29) is 18.9 Å². The van der Waals surface area contributed by atoms with Crippen LogP contribution in [0.15, 0.2) is 29.8 Å². The number of aromatic nitrogens is 2. The summed E-state index contributed by atoms with van der Waals surface area (Å²) in [6.45, 7) is 0.598. The number of rotatable bonds is 3. The Bertz CT molecular complexity index is 734. The van der Waals surface area contributed by atoms with Crippen molar-refractivity contribution in [1.29, 1.82) is 0 Å². The smallest absolute Gasteiger partial charge is 0.256 e. The van der Waals surface area contributed by atoms with Crippen molar-refractivity contribution in [2.75, 3.05) is 13.1 Å². The van der Waals surface area contributed by atoms with E-state index in [1.165, 1.54) is 11.3 Å². The Morgan fingerprint density at radius 3 is 3.00 bits per heavy atom. The van der Waals surface area contributed by atoms with Crippen molar-refractivity contribution in [2.24, 2.45) is 11.8 Å². The lowest BCUT2D eigenvalue weighted by atomic mass is 10.1. The van der Waals surface area contributed by atoms with Crippen LogP contribution < -0.4 is 0 Å². The summed E-state index contributed by atoms with van der Waals surface area (Å²) < 4.78 is 26.8. The maximum atomic E-state index is 13.4. The van der Waals surface area contributed by atoms with E-state index in [2.05, 4.69) is 9.97 Å². The summed E-state index contributed by atoms with van der Waals surface area (Å²) in [4.78, 5) is 22.5. The van der Waals surface area contributed by atoms with Gasteiger partial charge in [-0.25, -0.2) is 13.8 Å². The van der Waals surface area contributed by atoms with E-state index in [9.17, 15) is 13.6 Å². The lowest BCUT2D eigenvalue weighted by molar-refractivity contribution is -0.131. The number of hydrogen-bond acceptors (Lipinski definition) is 4. The Morgan fingerprint density at radius 1 is 1.39 bits per heavy atom. The number of hydrogen-bond donors (Lipinski definition) is 0. The number of halogens is 2. The summed E-state index contributed by atoms with van der Waals surface area (Å²) in [5.74, 6) is -3.84. The monoisotopic (exact) mass is 335 g/mol. The topological polar surface area (TPSA) is 46.1 Å². The van der Waals surface area contributed by atoms with Crippen LogP contribution in [0.3, 0.4) is 0 Å². The Balaban J connectivity index is 1.41. The first kappa shape index (κ1) is 14.7. The molecule has 0 unspecified atom stereocenters. The molecule has 0 radical (unpaired) electrons. The molecule has 0 spiro atoms. The molecule has 23 heavy (non-hydrogen) atoms. The van der Waals surface area contributed by atoms with Crippen molar-refractivity contribution >= 4 is 17.2 Å². The predicted octanol–water partition coefficient (Wildman–Crippen LogP) is 2.86. The van der Waals surface area contributed by atoms with Crippen LogP contribution in [0, 0.1) is 11.8 Å². The highest BCUT2D eigenvalue weighted by Gasteiger charge is 2.69. The highest BCUT2D eigenvalue weighted by atomic mass is 32.1. The fraction of sp³-hybridized carbons (Fsp3) is 0.438. The SMILES string of the molecule is O=C(Cc1csc(-c2ccccn2)n1)N1CC[C@H]2[C@@H](C1)C2(F)F. The maximum Gasteiger partial charge on any atom is 0.256 e. The van der Waals surface area contributed by atoms with Crippen LogP contribution in [0.4, 0.5) is 8.78 Å². The lowest BCUT2D eigenvalue weighted by Crippen LogP contribution is -2.38. The van der Waals surface area contributed by atoms with E-state index < -0.39 is 17.8 Å². The minimum Gasteiger partial charge on any atom is -0.342 e. The van der Waals surface area contributed by atoms with Gasteiger partial charge in [-0.3, -0.25) is 9.78 Å². The summed E-state index contributed by atoms with van der Waals surface area (Å²) in [5, 5.41) is 2.60. The number of carbonyl (C=O) groups is 1. The lowest BCUT2D eigenvalue weighted by Gasteiger charge is -2.25. The largest absolute Gasteiger partial charge is 0.342 e. The minimum atomic E-state index is -2.57. The third-order valence-corrected chi connectivity index (χ3v) is 5.53. The molecule has 4 rings (SSSR count). The third-order valence-electron chi connectivity index (χ3n) is 4.61. The van der Waals surface area contributed by atoms with E-state index in [0.717, 1.165) is 10.7 Å². The van der Waals surface area contributed by atoms with Crippen molar-refractivity contribution in [3.63, 3.8) is 0 Å². The molecule has 0 N–H and O–H groups in total. The molecule has 7 heteroatoms. The minimum absolute atomic E-state index is 0.121. The third kappa shape index (κ3) is 2.63. The van der Waals surface area contributed by atoms with Crippen molar-refractivity contribution in [3.8, 4) is 10.7 Å². The average Bonchev–Trinajstić information content (AvgIpc) is 2.91. The van der Waals surface area contributed by atoms with Gasteiger partial charge in [0.1, 0.15) is 5.01 Å². The highest BCUT2D eigenvalue weighted by Crippen LogP contribution is 2.59. The molecule has 2 aromatic rings. The fourth-order valence-electron chi connectivity index (χ4n) is 3.22. The summed E-state index contributed by atoms with van der Waals surface area (Å²) in [5.41, 5.74) is 1.44. The molecule has 4 nitrogen and oxygen atoms in total. The van der Waals surface area contributed by atoms with Crippen LogP contribution in [0.2, 0.25) is 0 Å². The quantitative estimate of drug-likeness (QED) is 0.866. The van der Waals surface area contributed by atoms with E-state index in [0.29, 0.717) is 18.7 Å². The first-order valence-electron chi connectivity index (χ1n) is 7.57. The molecular weight excluding hydrogens is 320 g/mol. The van der Waals surface area contributed by atoms with Gasteiger partial charge < -0.3 is 4.90 Å². The number of likely N-dealkylation sites (tertiary alicyclic amines) is 1. The van der Waals surface area contributed by atoms with E-state index >= 15 is 0 Å². The Kier molecular flexibility index (Phi) is 3.41. The number of piperidine rings is 1. The average molecular weight is 335 g/mol. The summed E-state index contributed by atoms with van der Waals surface area (Å²) >= 11 is 1.44. The summed E-state index contributed by atoms with van der Waals surface area (Å²) in [7, 11) is 0. The number of thiazole rings is 1. The number of amides is 1. The van der Waals surface area contributed by atoms with Crippen molar-refractivity contribution in [1.82, 2.24) is 14.9 Å². The van der Waals surface area contributed by atoms with Gasteiger partial charge in [-0.05, 0) is 18.6 Å². The van der Waals surface area contributed by atoms with Crippen LogP contribution in [0.1, 0.15) is 12.1 Å². The predicted molar refractivity (Wildman–Crippen MR) is 82.2 cm³/mol. The van der Waals surface area contributed by atoms with E-state index in [1.54, 1.807) is 11.1 Å². The zero-order valence-electron chi connectivity index (χ0n) is 12.3. The molecule has 1 saturated carbocycles. The van der Waals surface area contributed by atoms with Gasteiger partial charge in [-0.15, -0.1) is 11.3 Å². The molecule has 0 aromatic carbocycles. The summed E-state index contributed by atoms with van der Waals surface area (Å²) in [6, 6.07) is 5.58. The molecule has 2 atom stereocenters. The maximum absolute atomic E-state index is 13.4. The Labute approximate surface area is 136 Å². The zero-order valence-corrected chi connectivity index (χ0v) is 13.1. The van der Waals surface area contributed by atoms with Gasteiger partial charge in [-0.1, -0.05) is 6.07 Å². The fourth-order valence-corrected chi connectivity index (χ4v) is 4.01. The molecule has 1 saturated heterocycles. The molecule has 1 amide bonds. The first-order valence-corrected chi connectivity index (χ1v) is 8.45. The standard InChI is InChI=1S/C16H15F2N3OS/c17-16(18)11-4-6-21(8-12(11)16)14(22)7-10-9-23-15(20-10)13-3-1-2-5-19-13/h1-3,5,9,11-12H,4,6-8H2/t11-,12+/m0/s1. The number of fused-ring (bicyclic) bond motifs is 1. The van der Waals surface area contributed by atoms with E-state index in [4.69, 9.17) is 0 Å². The van der Waals surface area contributed by atoms with Crippen LogP contribution >= 0.6 is 11.3 Å². The van der Waals surface area contributed by atoms with E-state index in [1.807, 2.05) is 23.6 Å². The van der Waals surface area contributed by atoms with Crippen LogP contribution in [0.25, 0.3) is 10.7 Å². The Hall–Kier alpha value is -1.89. The van der Waals surface area contributed by atoms with Gasteiger partial charge in [0.15, 0.2) is 0 Å². The molecule has 120 valence electrons. The number of carbonyl (C=O) groups excluding carboxylic acids is 1. The van der Waals surface area contributed by atoms with Crippen LogP contribution in [-0.2, 0) is 11.2 Å². The van der Waals surface area contributed by atoms with Gasteiger partial charge >= 0.3 is 0 Å². The second-order valence-electron chi connectivity index (χ2n) is 6.05. The van der Waals surface area contributed by atoms with Gasteiger partial charge in [0.25, 0.3) is 5.92 Å². The Morgan fingerprint density at radius 2 is 2.26 bits per heavy atom. The second-order valence-corrected chi connectivity index (χ2v) is 6.91. The molecule has 2 aromatic heterocycles. The zero-order chi connectivity index (χ0) is 16.0. The molecule has 2 fully saturated rings. The van der Waals surface area contributed by atoms with Gasteiger partial charge in [-0.2, -0.15) is 0 Å². The highest BCUT2D eigenvalue weighted by molar-refractivity contribution is 7.13. The van der Waals surface area contributed by atoms with Crippen LogP contribution in [0.5, 0.6) is 0 Å². The molecule has 3 heterocycles. The molecule has 1 aliphatic carbocycles. The van der Waals surface area contributed by atoms with Crippen LogP contribution in [-0.4, -0.2) is 39.8 Å². The molecule has 1 aliphatic heterocycles. The van der Waals surface area contributed by atoms with Gasteiger partial charge in [0.05, 0.1) is 17.8 Å². The molecule has 2 aliphatic rings. The second kappa shape index (κ2) is 5.33. The van der Waals surface area contributed by atoms with Gasteiger partial charge in [0, 0.05) is 36.5 Å². The summed E-state index contributed by atoms with van der Waals surface area (Å²) in [6.07, 6.45) is 2.26. The number of pyridine rings is 1. The van der Waals surface area contributed by atoms with Gasteiger partial charge in [0.2, 0.25) is 5.91 Å². The first-order chi connectivity index (χ1) is 11.1. The van der Waals surface area contributed by atoms with Crippen molar-refractivity contribution < 1.29 is 13.6 Å². The van der Waals surface area contributed by atoms with Crippen molar-refractivity contribution in [3.05, 3.63) is 35.5 Å². The molecule has 0 bridgehead atoms. The number of nitrogens with zero attached hydrogens (tertiary/aromatic N) is 3. The van der Waals surface area contributed by atoms with Crippen molar-refractivity contribution in [2.45, 2.75) is 18.8 Å². The normalized spacial score (nSPS) is 25.0.